The van der Waals surface area contributed by atoms with E-state index >= 15 is 0 Å². The zero-order chi connectivity index (χ0) is 25.0. The van der Waals surface area contributed by atoms with Gasteiger partial charge in [0, 0.05) is 18.3 Å². The summed E-state index contributed by atoms with van der Waals surface area (Å²) >= 11 is 0. The molecule has 0 unspecified atom stereocenters. The second-order valence-corrected chi connectivity index (χ2v) is 10.2. The van der Waals surface area contributed by atoms with E-state index in [9.17, 15) is 18.0 Å². The first-order valence-corrected chi connectivity index (χ1v) is 11.1. The van der Waals surface area contributed by atoms with Crippen LogP contribution in [0.4, 0.5) is 13.2 Å². The van der Waals surface area contributed by atoms with Gasteiger partial charge in [0.25, 0.3) is 5.91 Å². The van der Waals surface area contributed by atoms with Crippen molar-refractivity contribution in [2.75, 3.05) is 0 Å². The van der Waals surface area contributed by atoms with E-state index in [1.54, 1.807) is 6.07 Å². The molecule has 0 spiro atoms. The minimum absolute atomic E-state index is 0.0157. The lowest BCUT2D eigenvalue weighted by Gasteiger charge is -2.22. The number of halogens is 3. The molecule has 0 fully saturated rings. The molecule has 2 rings (SSSR count). The minimum Gasteiger partial charge on any atom is -0.407 e. The Kier molecular flexibility index (Phi) is 8.17. The summed E-state index contributed by atoms with van der Waals surface area (Å²) in [6.07, 6.45) is -0.820. The average molecular weight is 466 g/mol. The molecule has 1 aromatic carbocycles. The van der Waals surface area contributed by atoms with E-state index in [0.29, 0.717) is 12.0 Å². The number of aromatic nitrogens is 1. The van der Waals surface area contributed by atoms with E-state index in [4.69, 9.17) is 4.84 Å². The third-order valence-electron chi connectivity index (χ3n) is 4.84. The highest BCUT2D eigenvalue weighted by molar-refractivity contribution is 5.97. The summed E-state index contributed by atoms with van der Waals surface area (Å²) < 4.78 is 41.8. The largest absolute Gasteiger partial charge is 0.416 e. The smallest absolute Gasteiger partial charge is 0.407 e. The number of nitrogens with zero attached hydrogens (tertiary/aromatic N) is 2. The lowest BCUT2D eigenvalue weighted by Crippen LogP contribution is -2.38. The molecule has 182 valence electrons. The molecule has 0 radical (unpaired) electrons. The van der Waals surface area contributed by atoms with E-state index in [0.717, 1.165) is 36.6 Å². The van der Waals surface area contributed by atoms with E-state index in [1.807, 2.05) is 37.6 Å². The van der Waals surface area contributed by atoms with Crippen molar-refractivity contribution in [3.63, 3.8) is 0 Å². The number of hydroxylamine groups is 1. The van der Waals surface area contributed by atoms with Gasteiger partial charge in [-0.15, -0.1) is 0 Å². The van der Waals surface area contributed by atoms with E-state index in [-0.39, 0.29) is 16.7 Å². The zero-order valence-electron chi connectivity index (χ0n) is 20.4. The molecule has 0 atom stereocenters. The van der Waals surface area contributed by atoms with Gasteiger partial charge in [0.05, 0.1) is 11.1 Å². The van der Waals surface area contributed by atoms with Crippen molar-refractivity contribution < 1.29 is 22.8 Å². The molecular weight excluding hydrogens is 431 g/mol. The number of aryl methyl sites for hydroxylation is 1. The van der Waals surface area contributed by atoms with Crippen molar-refractivity contribution in [3.05, 3.63) is 58.7 Å². The van der Waals surface area contributed by atoms with Gasteiger partial charge in [-0.05, 0) is 62.4 Å². The topological polar surface area (TPSA) is 55.6 Å². The number of benzene rings is 1. The number of hydrogen-bond donors (Lipinski definition) is 1. The summed E-state index contributed by atoms with van der Waals surface area (Å²) in [5.74, 6) is -0.821. The van der Waals surface area contributed by atoms with Gasteiger partial charge >= 0.3 is 6.18 Å². The van der Waals surface area contributed by atoms with Crippen LogP contribution in [0, 0.1) is 0 Å². The van der Waals surface area contributed by atoms with Crippen LogP contribution in [0.2, 0.25) is 0 Å². The van der Waals surface area contributed by atoms with Crippen molar-refractivity contribution in [3.8, 4) is 5.75 Å². The number of alkyl halides is 3. The quantitative estimate of drug-likeness (QED) is 0.530. The fraction of sp³-hybridized carbons (Fsp3) is 0.520. The van der Waals surface area contributed by atoms with Crippen LogP contribution in [0.5, 0.6) is 5.75 Å². The first-order chi connectivity index (χ1) is 15.1. The molecular formula is C25H34F3N3O2. The summed E-state index contributed by atoms with van der Waals surface area (Å²) in [7, 11) is 0. The second kappa shape index (κ2) is 10.1. The second-order valence-electron chi connectivity index (χ2n) is 10.2. The van der Waals surface area contributed by atoms with Gasteiger partial charge in [0.2, 0.25) is 0 Å². The zero-order valence-corrected chi connectivity index (χ0v) is 20.4. The molecule has 33 heavy (non-hydrogen) atoms. The van der Waals surface area contributed by atoms with Crippen molar-refractivity contribution in [2.45, 2.75) is 85.0 Å². The SMILES string of the molecule is CCCCn1cc(C(C)(C)C)cc/c1=N\C(=O)c1cc(C(F)(F)F)ccc1ONC(C)(C)C. The number of carbonyl (C=O) groups excluding carboxylic acids is 1. The van der Waals surface area contributed by atoms with Gasteiger partial charge in [-0.1, -0.05) is 40.2 Å². The van der Waals surface area contributed by atoms with Crippen LogP contribution in [0.1, 0.15) is 82.8 Å². The number of nitrogens with one attached hydrogen (secondary N) is 1. The Labute approximate surface area is 193 Å². The van der Waals surface area contributed by atoms with E-state index < -0.39 is 23.2 Å². The van der Waals surface area contributed by atoms with Crippen molar-refractivity contribution in [1.82, 2.24) is 10.0 Å². The Morgan fingerprint density at radius 2 is 1.67 bits per heavy atom. The highest BCUT2D eigenvalue weighted by Gasteiger charge is 2.32. The Bertz CT molecular complexity index is 1040. The molecule has 8 heteroatoms. The summed E-state index contributed by atoms with van der Waals surface area (Å²) in [4.78, 5) is 22.8. The molecule has 1 heterocycles. The molecule has 5 nitrogen and oxygen atoms in total. The molecule has 0 aliphatic carbocycles. The van der Waals surface area contributed by atoms with Gasteiger partial charge in [0.15, 0.2) is 5.75 Å². The molecule has 0 saturated heterocycles. The fourth-order valence-electron chi connectivity index (χ4n) is 2.92. The highest BCUT2D eigenvalue weighted by Crippen LogP contribution is 2.33. The first kappa shape index (κ1) is 26.6. The molecule has 1 aromatic heterocycles. The lowest BCUT2D eigenvalue weighted by atomic mass is 9.88. The van der Waals surface area contributed by atoms with Crippen LogP contribution in [0.25, 0.3) is 0 Å². The van der Waals surface area contributed by atoms with Gasteiger partial charge in [0.1, 0.15) is 5.49 Å². The predicted molar refractivity (Wildman–Crippen MR) is 123 cm³/mol. The van der Waals surface area contributed by atoms with Crippen molar-refractivity contribution >= 4 is 5.91 Å². The summed E-state index contributed by atoms with van der Waals surface area (Å²) in [6.45, 7) is 14.5. The highest BCUT2D eigenvalue weighted by atomic mass is 19.4. The molecule has 1 N–H and O–H groups in total. The molecule has 1 amide bonds. The number of unbranched alkanes of at least 4 members (excludes halogenated alkanes) is 1. The van der Waals surface area contributed by atoms with E-state index in [2.05, 4.69) is 38.2 Å². The molecule has 0 aliphatic heterocycles. The average Bonchev–Trinajstić information content (AvgIpc) is 2.69. The van der Waals surface area contributed by atoms with Crippen LogP contribution < -0.4 is 15.8 Å². The van der Waals surface area contributed by atoms with Crippen molar-refractivity contribution in [1.29, 1.82) is 0 Å². The van der Waals surface area contributed by atoms with Gasteiger partial charge in [-0.2, -0.15) is 23.6 Å². The summed E-state index contributed by atoms with van der Waals surface area (Å²) in [5.41, 5.74) is 2.41. The summed E-state index contributed by atoms with van der Waals surface area (Å²) in [6, 6.07) is 6.43. The van der Waals surface area contributed by atoms with Crippen LogP contribution in [0.3, 0.4) is 0 Å². The summed E-state index contributed by atoms with van der Waals surface area (Å²) in [5, 5.41) is 0. The molecule has 0 bridgehead atoms. The fourth-order valence-corrected chi connectivity index (χ4v) is 2.92. The van der Waals surface area contributed by atoms with Gasteiger partial charge < -0.3 is 9.40 Å². The van der Waals surface area contributed by atoms with Crippen molar-refractivity contribution in [2.24, 2.45) is 4.99 Å². The first-order valence-electron chi connectivity index (χ1n) is 11.1. The molecule has 0 saturated carbocycles. The van der Waals surface area contributed by atoms with Crippen LogP contribution in [-0.4, -0.2) is 16.0 Å². The van der Waals surface area contributed by atoms with E-state index in [1.165, 1.54) is 0 Å². The lowest BCUT2D eigenvalue weighted by molar-refractivity contribution is -0.137. The van der Waals surface area contributed by atoms with Gasteiger partial charge in [-0.3, -0.25) is 4.79 Å². The van der Waals surface area contributed by atoms with Gasteiger partial charge in [-0.25, -0.2) is 0 Å². The third kappa shape index (κ3) is 7.74. The third-order valence-corrected chi connectivity index (χ3v) is 4.84. The number of amides is 1. The number of carbonyl (C=O) groups is 1. The minimum atomic E-state index is -4.60. The predicted octanol–water partition coefficient (Wildman–Crippen LogP) is 6.03. The van der Waals surface area contributed by atoms with Crippen LogP contribution in [0.15, 0.2) is 41.5 Å². The Hall–Kier alpha value is -2.61. The molecule has 2 aromatic rings. The number of rotatable bonds is 6. The monoisotopic (exact) mass is 465 g/mol. The maximum atomic E-state index is 13.3. The Morgan fingerprint density at radius 3 is 2.21 bits per heavy atom. The number of hydrogen-bond acceptors (Lipinski definition) is 3. The van der Waals surface area contributed by atoms with Crippen LogP contribution >= 0.6 is 0 Å². The maximum absolute atomic E-state index is 13.3. The normalized spacial score (nSPS) is 13.3. The Morgan fingerprint density at radius 1 is 1.03 bits per heavy atom. The Balaban J connectivity index is 2.58. The van der Waals surface area contributed by atoms with Crippen LogP contribution in [-0.2, 0) is 18.1 Å². The number of pyridine rings is 1. The standard InChI is InChI=1S/C25H34F3N3O2/c1-8-9-14-31-16-18(23(2,3)4)11-13-21(31)29-22(32)19-15-17(25(26,27)28)10-12-20(19)33-30-24(5,6)7/h10-13,15-16,30H,8-9,14H2,1-7H3/b29-21+. The maximum Gasteiger partial charge on any atom is 0.416 e. The molecule has 0 aliphatic rings.